The van der Waals surface area contributed by atoms with Crippen molar-refractivity contribution >= 4 is 45.1 Å². The quantitative estimate of drug-likeness (QED) is 0.377. The summed E-state index contributed by atoms with van der Waals surface area (Å²) in [6.45, 7) is 13.9. The van der Waals surface area contributed by atoms with Crippen LogP contribution in [0.3, 0.4) is 0 Å². The fraction of sp³-hybridized carbons (Fsp3) is 0.423. The van der Waals surface area contributed by atoms with Gasteiger partial charge < -0.3 is 24.1 Å². The zero-order valence-corrected chi connectivity index (χ0v) is 22.1. The molecule has 0 aliphatic carbocycles. The number of nitrogens with zero attached hydrogens (tertiary/aromatic N) is 1. The molecule has 8 nitrogen and oxygen atoms in total. The lowest BCUT2D eigenvalue weighted by atomic mass is 10.1. The highest BCUT2D eigenvalue weighted by atomic mass is 32.1. The number of rotatable bonds is 9. The van der Waals surface area contributed by atoms with E-state index in [4.69, 9.17) is 14.2 Å². The maximum atomic E-state index is 13.6. The van der Waals surface area contributed by atoms with E-state index in [2.05, 4.69) is 5.32 Å². The molecule has 1 amide bonds. The Morgan fingerprint density at radius 3 is 2.34 bits per heavy atom. The monoisotopic (exact) mass is 500 g/mol. The molecule has 188 valence electrons. The molecule has 0 saturated heterocycles. The van der Waals surface area contributed by atoms with Crippen LogP contribution in [0.4, 0.5) is 5.00 Å². The number of fused-ring (bicyclic) bond motifs is 1. The molecule has 9 heteroatoms. The van der Waals surface area contributed by atoms with Crippen molar-refractivity contribution in [3.8, 4) is 5.75 Å². The Morgan fingerprint density at radius 1 is 1.03 bits per heavy atom. The number of aryl methyl sites for hydroxylation is 2. The van der Waals surface area contributed by atoms with Crippen molar-refractivity contribution in [1.82, 2.24) is 4.57 Å². The second-order valence-corrected chi connectivity index (χ2v) is 9.24. The highest BCUT2D eigenvalue weighted by molar-refractivity contribution is 7.18. The topological polar surface area (TPSA) is 95.9 Å². The van der Waals surface area contributed by atoms with Gasteiger partial charge in [-0.3, -0.25) is 4.79 Å². The van der Waals surface area contributed by atoms with Gasteiger partial charge in [0, 0.05) is 17.4 Å². The predicted octanol–water partition coefficient (Wildman–Crippen LogP) is 5.73. The number of nitrogens with one attached hydrogen (secondary N) is 1. The maximum Gasteiger partial charge on any atom is 0.348 e. The Labute approximate surface area is 209 Å². The Morgan fingerprint density at radius 2 is 1.74 bits per heavy atom. The molecule has 35 heavy (non-hydrogen) atoms. The summed E-state index contributed by atoms with van der Waals surface area (Å²) in [6.07, 6.45) is -0.322. The predicted molar refractivity (Wildman–Crippen MR) is 137 cm³/mol. The van der Waals surface area contributed by atoms with Gasteiger partial charge in [0.25, 0.3) is 5.91 Å². The van der Waals surface area contributed by atoms with Gasteiger partial charge in [0.15, 0.2) is 0 Å². The normalized spacial score (nSPS) is 11.1. The minimum absolute atomic E-state index is 0.163. The molecule has 0 bridgehead atoms. The van der Waals surface area contributed by atoms with E-state index in [0.717, 1.165) is 33.6 Å². The standard InChI is InChI=1S/C26H32N2O6S/c1-8-28-19-12-11-17(32-9-2)13-18(19)15(6)21(28)23(29)27-24-20(25(30)33-10-3)16(7)22(35-24)26(31)34-14(4)5/h11-14H,8-10H2,1-7H3,(H,27,29). The van der Waals surface area contributed by atoms with Gasteiger partial charge in [-0.25, -0.2) is 9.59 Å². The third-order valence-electron chi connectivity index (χ3n) is 5.51. The van der Waals surface area contributed by atoms with Crippen molar-refractivity contribution in [3.05, 3.63) is 45.5 Å². The van der Waals surface area contributed by atoms with Crippen LogP contribution in [0.5, 0.6) is 5.75 Å². The third kappa shape index (κ3) is 5.19. The molecule has 0 aliphatic heterocycles. The fourth-order valence-corrected chi connectivity index (χ4v) is 5.13. The number of benzene rings is 1. The molecule has 0 spiro atoms. The van der Waals surface area contributed by atoms with Gasteiger partial charge in [-0.2, -0.15) is 0 Å². The lowest BCUT2D eigenvalue weighted by Crippen LogP contribution is -2.19. The number of anilines is 1. The first-order chi connectivity index (χ1) is 16.6. The van der Waals surface area contributed by atoms with Crippen LogP contribution in [0.2, 0.25) is 0 Å². The van der Waals surface area contributed by atoms with Crippen LogP contribution in [0.1, 0.15) is 76.3 Å². The molecule has 3 rings (SSSR count). The van der Waals surface area contributed by atoms with Crippen molar-refractivity contribution in [2.75, 3.05) is 18.5 Å². The van der Waals surface area contributed by atoms with E-state index >= 15 is 0 Å². The van der Waals surface area contributed by atoms with Crippen LogP contribution < -0.4 is 10.1 Å². The number of hydrogen-bond donors (Lipinski definition) is 1. The van der Waals surface area contributed by atoms with Crippen molar-refractivity contribution < 1.29 is 28.6 Å². The molecule has 0 saturated carbocycles. The van der Waals surface area contributed by atoms with Gasteiger partial charge in [-0.1, -0.05) is 0 Å². The van der Waals surface area contributed by atoms with Crippen LogP contribution in [0.15, 0.2) is 18.2 Å². The van der Waals surface area contributed by atoms with E-state index in [1.54, 1.807) is 27.7 Å². The lowest BCUT2D eigenvalue weighted by molar-refractivity contribution is 0.0383. The number of aromatic nitrogens is 1. The number of ether oxygens (including phenoxy) is 3. The van der Waals surface area contributed by atoms with Gasteiger partial charge in [0.1, 0.15) is 21.3 Å². The highest BCUT2D eigenvalue weighted by Crippen LogP contribution is 2.36. The molecule has 2 heterocycles. The van der Waals surface area contributed by atoms with Gasteiger partial charge in [-0.15, -0.1) is 11.3 Å². The summed E-state index contributed by atoms with van der Waals surface area (Å²) < 4.78 is 18.1. The van der Waals surface area contributed by atoms with Crippen LogP contribution >= 0.6 is 11.3 Å². The molecule has 0 radical (unpaired) electrons. The van der Waals surface area contributed by atoms with Crippen LogP contribution in [0.25, 0.3) is 10.9 Å². The minimum atomic E-state index is -0.603. The number of carbonyl (C=O) groups is 3. The number of hydrogen-bond acceptors (Lipinski definition) is 7. The average molecular weight is 501 g/mol. The minimum Gasteiger partial charge on any atom is -0.494 e. The van der Waals surface area contributed by atoms with E-state index in [-0.39, 0.29) is 34.1 Å². The summed E-state index contributed by atoms with van der Waals surface area (Å²) in [5.74, 6) is -0.797. The van der Waals surface area contributed by atoms with E-state index in [1.165, 1.54) is 0 Å². The zero-order chi connectivity index (χ0) is 25.9. The summed E-state index contributed by atoms with van der Waals surface area (Å²) >= 11 is 1.01. The molecule has 0 fully saturated rings. The number of amides is 1. The van der Waals surface area contributed by atoms with Crippen LogP contribution in [0, 0.1) is 13.8 Å². The van der Waals surface area contributed by atoms with Gasteiger partial charge in [-0.05, 0) is 77.8 Å². The molecule has 0 unspecified atom stereocenters. The Hall–Kier alpha value is -3.33. The first-order valence-electron chi connectivity index (χ1n) is 11.7. The van der Waals surface area contributed by atoms with Crippen molar-refractivity contribution in [2.24, 2.45) is 0 Å². The number of carbonyl (C=O) groups excluding carboxylic acids is 3. The molecule has 3 aromatic rings. The zero-order valence-electron chi connectivity index (χ0n) is 21.2. The van der Waals surface area contributed by atoms with E-state index in [0.29, 0.717) is 24.4 Å². The van der Waals surface area contributed by atoms with Gasteiger partial charge >= 0.3 is 11.9 Å². The number of thiophene rings is 1. The van der Waals surface area contributed by atoms with E-state index in [1.807, 2.05) is 43.5 Å². The molecule has 0 aliphatic rings. The molecular formula is C26H32N2O6S. The van der Waals surface area contributed by atoms with Gasteiger partial charge in [0.05, 0.1) is 24.9 Å². The van der Waals surface area contributed by atoms with Gasteiger partial charge in [0.2, 0.25) is 0 Å². The SMILES string of the molecule is CCOC(=O)c1c(NC(=O)c2c(C)c3cc(OCC)ccc3n2CC)sc(C(=O)OC(C)C)c1C. The maximum absolute atomic E-state index is 13.6. The fourth-order valence-electron chi connectivity index (χ4n) is 4.05. The third-order valence-corrected chi connectivity index (χ3v) is 6.70. The Kier molecular flexibility index (Phi) is 8.22. The van der Waals surface area contributed by atoms with E-state index < -0.39 is 11.9 Å². The lowest BCUT2D eigenvalue weighted by Gasteiger charge is -2.10. The summed E-state index contributed by atoms with van der Waals surface area (Å²) in [5.41, 5.74) is 2.77. The smallest absolute Gasteiger partial charge is 0.348 e. The first kappa shape index (κ1) is 26.3. The second-order valence-electron chi connectivity index (χ2n) is 8.22. The summed E-state index contributed by atoms with van der Waals surface area (Å²) in [4.78, 5) is 39.2. The van der Waals surface area contributed by atoms with Crippen molar-refractivity contribution in [2.45, 2.75) is 61.1 Å². The Bertz CT molecular complexity index is 1270. The summed E-state index contributed by atoms with van der Waals surface area (Å²) in [6, 6.07) is 5.75. The largest absolute Gasteiger partial charge is 0.494 e. The number of esters is 2. The van der Waals surface area contributed by atoms with Crippen molar-refractivity contribution in [1.29, 1.82) is 0 Å². The highest BCUT2D eigenvalue weighted by Gasteiger charge is 2.29. The molecular weight excluding hydrogens is 468 g/mol. The van der Waals surface area contributed by atoms with Crippen LogP contribution in [-0.2, 0) is 16.0 Å². The molecule has 2 aromatic heterocycles. The molecule has 0 atom stereocenters. The molecule has 1 aromatic carbocycles. The summed E-state index contributed by atoms with van der Waals surface area (Å²) in [5, 5.41) is 4.04. The van der Waals surface area contributed by atoms with Crippen molar-refractivity contribution in [3.63, 3.8) is 0 Å². The molecule has 1 N–H and O–H groups in total. The summed E-state index contributed by atoms with van der Waals surface area (Å²) in [7, 11) is 0. The van der Waals surface area contributed by atoms with Crippen LogP contribution in [-0.4, -0.2) is 41.7 Å². The van der Waals surface area contributed by atoms with E-state index in [9.17, 15) is 14.4 Å². The first-order valence-corrected chi connectivity index (χ1v) is 12.5. The second kappa shape index (κ2) is 10.9. The average Bonchev–Trinajstić information content (AvgIpc) is 3.27. The Balaban J connectivity index is 2.08.